The summed E-state index contributed by atoms with van der Waals surface area (Å²) in [5.41, 5.74) is 2.81. The van der Waals surface area contributed by atoms with E-state index in [4.69, 9.17) is 0 Å². The van der Waals surface area contributed by atoms with E-state index in [1.807, 2.05) is 0 Å². The number of rotatable bonds is 0. The first-order valence-electron chi connectivity index (χ1n) is 5.88. The van der Waals surface area contributed by atoms with Crippen LogP contribution in [-0.2, 0) is 6.42 Å². The average Bonchev–Trinajstić information content (AvgIpc) is 2.65. The van der Waals surface area contributed by atoms with Gasteiger partial charge in [0.2, 0.25) is 0 Å². The molecule has 2 bridgehead atoms. The quantitative estimate of drug-likeness (QED) is 0.680. The molecule has 0 amide bonds. The molecule has 1 aromatic carbocycles. The van der Waals surface area contributed by atoms with Gasteiger partial charge in [0.15, 0.2) is 0 Å². The standard InChI is InChI=1S/C15H13N/c1-2-6-11-10(5-1)9-14-12-7-3-4-8-13(12)15(11)16-14/h1-8,10-11,16H,9H2. The van der Waals surface area contributed by atoms with E-state index in [1.165, 1.54) is 22.2 Å². The third kappa shape index (κ3) is 0.955. The molecule has 0 saturated carbocycles. The number of aromatic nitrogens is 1. The SMILES string of the molecule is C1=CC2Cc3[nH]c(c4ccccc34)C2C=C1. The first kappa shape index (κ1) is 8.40. The molecule has 2 aliphatic rings. The third-order valence-electron chi connectivity index (χ3n) is 3.85. The van der Waals surface area contributed by atoms with E-state index in [-0.39, 0.29) is 0 Å². The summed E-state index contributed by atoms with van der Waals surface area (Å²) in [5.74, 6) is 1.21. The molecule has 4 rings (SSSR count). The molecule has 2 atom stereocenters. The van der Waals surface area contributed by atoms with Gasteiger partial charge in [0.25, 0.3) is 0 Å². The molecule has 2 aromatic rings. The Morgan fingerprint density at radius 3 is 2.75 bits per heavy atom. The number of hydrogen-bond donors (Lipinski definition) is 1. The van der Waals surface area contributed by atoms with E-state index in [0.29, 0.717) is 11.8 Å². The van der Waals surface area contributed by atoms with E-state index in [2.05, 4.69) is 53.6 Å². The zero-order valence-electron chi connectivity index (χ0n) is 8.98. The van der Waals surface area contributed by atoms with Gasteiger partial charge in [-0.25, -0.2) is 0 Å². The van der Waals surface area contributed by atoms with Crippen molar-refractivity contribution in [1.82, 2.24) is 4.98 Å². The average molecular weight is 207 g/mol. The van der Waals surface area contributed by atoms with Crippen molar-refractivity contribution >= 4 is 10.8 Å². The highest BCUT2D eigenvalue weighted by atomic mass is 14.8. The number of nitrogens with one attached hydrogen (secondary N) is 1. The lowest BCUT2D eigenvalue weighted by molar-refractivity contribution is 0.537. The van der Waals surface area contributed by atoms with Crippen molar-refractivity contribution < 1.29 is 0 Å². The normalized spacial score (nSPS) is 26.0. The maximum Gasteiger partial charge on any atom is 0.0305 e. The summed E-state index contributed by atoms with van der Waals surface area (Å²) in [4.78, 5) is 3.60. The second-order valence-electron chi connectivity index (χ2n) is 4.73. The van der Waals surface area contributed by atoms with Crippen molar-refractivity contribution in [1.29, 1.82) is 0 Å². The molecular formula is C15H13N. The smallest absolute Gasteiger partial charge is 0.0305 e. The van der Waals surface area contributed by atoms with Gasteiger partial charge in [0.05, 0.1) is 0 Å². The summed E-state index contributed by atoms with van der Waals surface area (Å²) in [6.07, 6.45) is 10.2. The summed E-state index contributed by atoms with van der Waals surface area (Å²) < 4.78 is 0. The van der Waals surface area contributed by atoms with Crippen LogP contribution in [-0.4, -0.2) is 4.98 Å². The highest BCUT2D eigenvalue weighted by molar-refractivity contribution is 5.89. The predicted octanol–water partition coefficient (Wildman–Crippen LogP) is 3.55. The molecule has 2 unspecified atom stereocenters. The molecule has 2 heterocycles. The van der Waals surface area contributed by atoms with Crippen LogP contribution >= 0.6 is 0 Å². The van der Waals surface area contributed by atoms with Crippen LogP contribution in [0.15, 0.2) is 48.6 Å². The fourth-order valence-electron chi connectivity index (χ4n) is 3.10. The predicted molar refractivity (Wildman–Crippen MR) is 66.5 cm³/mol. The molecular weight excluding hydrogens is 194 g/mol. The van der Waals surface area contributed by atoms with Gasteiger partial charge >= 0.3 is 0 Å². The molecule has 1 aromatic heterocycles. The number of fused-ring (bicyclic) bond motifs is 7. The van der Waals surface area contributed by atoms with Crippen molar-refractivity contribution in [3.8, 4) is 0 Å². The summed E-state index contributed by atoms with van der Waals surface area (Å²) in [5, 5.41) is 2.82. The van der Waals surface area contributed by atoms with Crippen LogP contribution < -0.4 is 0 Å². The number of hydrogen-bond acceptors (Lipinski definition) is 0. The molecule has 0 saturated heterocycles. The maximum absolute atomic E-state index is 3.60. The molecule has 0 spiro atoms. The molecule has 0 fully saturated rings. The lowest BCUT2D eigenvalue weighted by atomic mass is 9.82. The Balaban J connectivity index is 2.04. The molecule has 1 aliphatic carbocycles. The van der Waals surface area contributed by atoms with E-state index < -0.39 is 0 Å². The number of benzene rings is 1. The van der Waals surface area contributed by atoms with Crippen molar-refractivity contribution in [2.75, 3.05) is 0 Å². The van der Waals surface area contributed by atoms with Gasteiger partial charge in [0, 0.05) is 28.1 Å². The summed E-state index contributed by atoms with van der Waals surface area (Å²) in [7, 11) is 0. The van der Waals surface area contributed by atoms with Crippen LogP contribution in [0.1, 0.15) is 17.3 Å². The first-order valence-corrected chi connectivity index (χ1v) is 5.88. The minimum absolute atomic E-state index is 0.553. The fourth-order valence-corrected chi connectivity index (χ4v) is 3.10. The van der Waals surface area contributed by atoms with Gasteiger partial charge in [-0.15, -0.1) is 0 Å². The van der Waals surface area contributed by atoms with Gasteiger partial charge in [-0.3, -0.25) is 0 Å². The van der Waals surface area contributed by atoms with Crippen LogP contribution in [0, 0.1) is 5.92 Å². The fraction of sp³-hybridized carbons (Fsp3) is 0.200. The van der Waals surface area contributed by atoms with Crippen molar-refractivity contribution in [2.24, 2.45) is 5.92 Å². The van der Waals surface area contributed by atoms with E-state index in [9.17, 15) is 0 Å². The lowest BCUT2D eigenvalue weighted by Crippen LogP contribution is -2.17. The van der Waals surface area contributed by atoms with Gasteiger partial charge in [0.1, 0.15) is 0 Å². The zero-order chi connectivity index (χ0) is 10.5. The minimum atomic E-state index is 0.553. The van der Waals surface area contributed by atoms with Crippen LogP contribution in [0.5, 0.6) is 0 Å². The lowest BCUT2D eigenvalue weighted by Gasteiger charge is -2.26. The second kappa shape index (κ2) is 2.88. The number of H-pyrrole nitrogens is 1. The topological polar surface area (TPSA) is 15.8 Å². The molecule has 16 heavy (non-hydrogen) atoms. The Kier molecular flexibility index (Phi) is 1.51. The van der Waals surface area contributed by atoms with E-state index in [1.54, 1.807) is 0 Å². The molecule has 1 heteroatoms. The summed E-state index contributed by atoms with van der Waals surface area (Å²) in [6.45, 7) is 0. The maximum atomic E-state index is 3.60. The van der Waals surface area contributed by atoms with E-state index >= 15 is 0 Å². The van der Waals surface area contributed by atoms with Gasteiger partial charge < -0.3 is 4.98 Å². The van der Waals surface area contributed by atoms with Crippen LogP contribution in [0.3, 0.4) is 0 Å². The number of aromatic amines is 1. The Morgan fingerprint density at radius 2 is 1.81 bits per heavy atom. The molecule has 1 nitrogen and oxygen atoms in total. The molecule has 0 radical (unpaired) electrons. The largest absolute Gasteiger partial charge is 0.361 e. The summed E-state index contributed by atoms with van der Waals surface area (Å²) >= 11 is 0. The summed E-state index contributed by atoms with van der Waals surface area (Å²) in [6, 6.07) is 8.73. The molecule has 1 N–H and O–H groups in total. The van der Waals surface area contributed by atoms with Crippen molar-refractivity contribution in [2.45, 2.75) is 12.3 Å². The minimum Gasteiger partial charge on any atom is -0.361 e. The second-order valence-corrected chi connectivity index (χ2v) is 4.73. The first-order chi connectivity index (χ1) is 7.93. The zero-order valence-corrected chi connectivity index (χ0v) is 8.98. The van der Waals surface area contributed by atoms with Crippen LogP contribution in [0.4, 0.5) is 0 Å². The van der Waals surface area contributed by atoms with Crippen LogP contribution in [0.25, 0.3) is 10.8 Å². The van der Waals surface area contributed by atoms with Crippen molar-refractivity contribution in [3.05, 3.63) is 60.0 Å². The third-order valence-corrected chi connectivity index (χ3v) is 3.85. The monoisotopic (exact) mass is 207 g/mol. The Morgan fingerprint density at radius 1 is 1.00 bits per heavy atom. The highest BCUT2D eigenvalue weighted by Crippen LogP contribution is 2.41. The molecule has 1 aliphatic heterocycles. The number of allylic oxidation sites excluding steroid dienone is 4. The highest BCUT2D eigenvalue weighted by Gasteiger charge is 2.30. The van der Waals surface area contributed by atoms with Crippen molar-refractivity contribution in [3.63, 3.8) is 0 Å². The van der Waals surface area contributed by atoms with Gasteiger partial charge in [-0.1, -0.05) is 48.6 Å². The Bertz CT molecular complexity index is 615. The van der Waals surface area contributed by atoms with Gasteiger partial charge in [-0.05, 0) is 12.3 Å². The Hall–Kier alpha value is -1.76. The molecule has 78 valence electrons. The van der Waals surface area contributed by atoms with E-state index in [0.717, 1.165) is 6.42 Å². The Labute approximate surface area is 94.5 Å². The van der Waals surface area contributed by atoms with Crippen LogP contribution in [0.2, 0.25) is 0 Å². The van der Waals surface area contributed by atoms with Gasteiger partial charge in [-0.2, -0.15) is 0 Å².